The molecular weight excluding hydrogens is 299 g/mol. The Morgan fingerprint density at radius 3 is 2.90 bits per heavy atom. The molecule has 2 N–H and O–H groups in total. The highest BCUT2D eigenvalue weighted by atomic mass is 32.2. The Balaban J connectivity index is 2.20. The van der Waals surface area contributed by atoms with Gasteiger partial charge in [-0.15, -0.1) is 0 Å². The van der Waals surface area contributed by atoms with Crippen molar-refractivity contribution in [3.63, 3.8) is 0 Å². The fourth-order valence-corrected chi connectivity index (χ4v) is 3.51. The van der Waals surface area contributed by atoms with Crippen molar-refractivity contribution in [2.75, 3.05) is 33.4 Å². The maximum atomic E-state index is 13.4. The average Bonchev–Trinajstić information content (AvgIpc) is 2.92. The zero-order valence-corrected chi connectivity index (χ0v) is 12.6. The predicted molar refractivity (Wildman–Crippen MR) is 75.4 cm³/mol. The Bertz CT molecular complexity index is 574. The Morgan fingerprint density at radius 2 is 2.24 bits per heavy atom. The number of sulfonamides is 1. The van der Waals surface area contributed by atoms with Crippen LogP contribution in [0.1, 0.15) is 6.42 Å². The molecule has 2 rings (SSSR count). The molecule has 0 radical (unpaired) electrons. The number of hydrogen-bond donors (Lipinski definition) is 2. The number of ether oxygens (including phenoxy) is 2. The van der Waals surface area contributed by atoms with Crippen LogP contribution in [0.15, 0.2) is 23.1 Å². The minimum atomic E-state index is -3.83. The largest absolute Gasteiger partial charge is 0.490 e. The van der Waals surface area contributed by atoms with Gasteiger partial charge >= 0.3 is 0 Å². The third-order valence-electron chi connectivity index (χ3n) is 3.12. The molecule has 118 valence electrons. The molecule has 1 fully saturated rings. The van der Waals surface area contributed by atoms with Gasteiger partial charge in [-0.05, 0) is 31.2 Å². The summed E-state index contributed by atoms with van der Waals surface area (Å²) in [5.41, 5.74) is 0. The van der Waals surface area contributed by atoms with Crippen molar-refractivity contribution in [2.24, 2.45) is 0 Å². The molecule has 21 heavy (non-hydrogen) atoms. The summed E-state index contributed by atoms with van der Waals surface area (Å²) in [6.45, 7) is 1.83. The molecule has 0 aliphatic carbocycles. The Labute approximate surface area is 123 Å². The number of halogens is 1. The SMILES string of the molecule is COCCOc1ccc(F)cc1S(=O)(=O)NC1CCNC1. The van der Waals surface area contributed by atoms with E-state index in [-0.39, 0.29) is 23.3 Å². The third-order valence-corrected chi connectivity index (χ3v) is 4.66. The third kappa shape index (κ3) is 4.37. The van der Waals surface area contributed by atoms with Crippen LogP contribution in [0, 0.1) is 5.82 Å². The molecule has 8 heteroatoms. The Morgan fingerprint density at radius 1 is 1.43 bits per heavy atom. The van der Waals surface area contributed by atoms with E-state index >= 15 is 0 Å². The fourth-order valence-electron chi connectivity index (χ4n) is 2.08. The number of rotatable bonds is 7. The standard InChI is InChI=1S/C13H19FN2O4S/c1-19-6-7-20-12-3-2-10(14)8-13(12)21(17,18)16-11-4-5-15-9-11/h2-3,8,11,15-16H,4-7,9H2,1H3. The van der Waals surface area contributed by atoms with Gasteiger partial charge in [0.2, 0.25) is 10.0 Å². The molecule has 6 nitrogen and oxygen atoms in total. The van der Waals surface area contributed by atoms with Gasteiger partial charge in [0.05, 0.1) is 6.61 Å². The molecule has 1 aromatic rings. The van der Waals surface area contributed by atoms with Crippen LogP contribution in [0.25, 0.3) is 0 Å². The normalized spacial score (nSPS) is 18.9. The van der Waals surface area contributed by atoms with Crippen LogP contribution >= 0.6 is 0 Å². The van der Waals surface area contributed by atoms with Crippen molar-refractivity contribution in [2.45, 2.75) is 17.4 Å². The van der Waals surface area contributed by atoms with Gasteiger partial charge in [0.25, 0.3) is 0 Å². The summed E-state index contributed by atoms with van der Waals surface area (Å²) in [5.74, 6) is -0.508. The molecule has 1 aliphatic rings. The molecule has 1 unspecified atom stereocenters. The molecule has 0 spiro atoms. The zero-order valence-electron chi connectivity index (χ0n) is 11.8. The lowest BCUT2D eigenvalue weighted by molar-refractivity contribution is 0.144. The van der Waals surface area contributed by atoms with Gasteiger partial charge in [0, 0.05) is 19.7 Å². The van der Waals surface area contributed by atoms with E-state index in [0.29, 0.717) is 19.6 Å². The number of benzene rings is 1. The maximum absolute atomic E-state index is 13.4. The van der Waals surface area contributed by atoms with Gasteiger partial charge < -0.3 is 14.8 Å². The summed E-state index contributed by atoms with van der Waals surface area (Å²) in [5, 5.41) is 3.07. The van der Waals surface area contributed by atoms with Crippen molar-refractivity contribution in [1.82, 2.24) is 10.0 Å². The van der Waals surface area contributed by atoms with Crippen LogP contribution in [0.2, 0.25) is 0 Å². The number of hydrogen-bond acceptors (Lipinski definition) is 5. The fraction of sp³-hybridized carbons (Fsp3) is 0.538. The number of methoxy groups -OCH3 is 1. The summed E-state index contributed by atoms with van der Waals surface area (Å²) in [4.78, 5) is -0.189. The first-order chi connectivity index (χ1) is 10.0. The van der Waals surface area contributed by atoms with Gasteiger partial charge in [-0.2, -0.15) is 0 Å². The molecule has 1 saturated heterocycles. The molecule has 1 atom stereocenters. The van der Waals surface area contributed by atoms with Gasteiger partial charge in [0.1, 0.15) is 23.1 Å². The minimum Gasteiger partial charge on any atom is -0.490 e. The van der Waals surface area contributed by atoms with E-state index in [1.54, 1.807) is 0 Å². The van der Waals surface area contributed by atoms with E-state index in [4.69, 9.17) is 9.47 Å². The van der Waals surface area contributed by atoms with E-state index in [9.17, 15) is 12.8 Å². The second kappa shape index (κ2) is 7.17. The zero-order chi connectivity index (χ0) is 15.3. The summed E-state index contributed by atoms with van der Waals surface area (Å²) >= 11 is 0. The topological polar surface area (TPSA) is 76.7 Å². The maximum Gasteiger partial charge on any atom is 0.244 e. The molecule has 1 heterocycles. The van der Waals surface area contributed by atoms with E-state index in [1.165, 1.54) is 13.2 Å². The molecule has 0 bridgehead atoms. The van der Waals surface area contributed by atoms with E-state index in [1.807, 2.05) is 0 Å². The highest BCUT2D eigenvalue weighted by molar-refractivity contribution is 7.89. The molecule has 1 aromatic carbocycles. The Kier molecular flexibility index (Phi) is 5.51. The van der Waals surface area contributed by atoms with Gasteiger partial charge in [-0.3, -0.25) is 0 Å². The molecule has 0 aromatic heterocycles. The van der Waals surface area contributed by atoms with E-state index < -0.39 is 15.8 Å². The lowest BCUT2D eigenvalue weighted by atomic mass is 10.3. The minimum absolute atomic E-state index is 0.118. The summed E-state index contributed by atoms with van der Waals surface area (Å²) < 4.78 is 50.9. The quantitative estimate of drug-likeness (QED) is 0.716. The van der Waals surface area contributed by atoms with Gasteiger partial charge in [-0.1, -0.05) is 0 Å². The van der Waals surface area contributed by atoms with Crippen molar-refractivity contribution < 1.29 is 22.3 Å². The van der Waals surface area contributed by atoms with Crippen LogP contribution in [0.4, 0.5) is 4.39 Å². The average molecular weight is 318 g/mol. The lowest BCUT2D eigenvalue weighted by Crippen LogP contribution is -2.36. The molecule has 1 aliphatic heterocycles. The second-order valence-corrected chi connectivity index (χ2v) is 6.43. The van der Waals surface area contributed by atoms with Gasteiger partial charge in [0.15, 0.2) is 0 Å². The van der Waals surface area contributed by atoms with Crippen molar-refractivity contribution in [3.8, 4) is 5.75 Å². The van der Waals surface area contributed by atoms with Crippen LogP contribution in [-0.2, 0) is 14.8 Å². The highest BCUT2D eigenvalue weighted by Gasteiger charge is 2.26. The smallest absolute Gasteiger partial charge is 0.244 e. The summed E-state index contributed by atoms with van der Waals surface area (Å²) in [6.07, 6.45) is 0.703. The predicted octanol–water partition coefficient (Wildman–Crippen LogP) is 0.491. The Hall–Kier alpha value is -1.22. The van der Waals surface area contributed by atoms with Crippen molar-refractivity contribution in [3.05, 3.63) is 24.0 Å². The van der Waals surface area contributed by atoms with Crippen LogP contribution in [0.3, 0.4) is 0 Å². The van der Waals surface area contributed by atoms with Crippen LogP contribution in [0.5, 0.6) is 5.75 Å². The molecule has 0 saturated carbocycles. The van der Waals surface area contributed by atoms with E-state index in [0.717, 1.165) is 18.7 Å². The molecule has 0 amide bonds. The first-order valence-corrected chi connectivity index (χ1v) is 8.15. The monoisotopic (exact) mass is 318 g/mol. The van der Waals surface area contributed by atoms with Crippen LogP contribution < -0.4 is 14.8 Å². The van der Waals surface area contributed by atoms with Crippen molar-refractivity contribution >= 4 is 10.0 Å². The van der Waals surface area contributed by atoms with E-state index in [2.05, 4.69) is 10.0 Å². The van der Waals surface area contributed by atoms with Gasteiger partial charge in [-0.25, -0.2) is 17.5 Å². The number of nitrogens with one attached hydrogen (secondary N) is 2. The highest BCUT2D eigenvalue weighted by Crippen LogP contribution is 2.25. The summed E-state index contributed by atoms with van der Waals surface area (Å²) in [6, 6.07) is 3.25. The van der Waals surface area contributed by atoms with Crippen molar-refractivity contribution in [1.29, 1.82) is 0 Å². The first kappa shape index (κ1) is 16.2. The molecular formula is C13H19FN2O4S. The summed E-state index contributed by atoms with van der Waals surface area (Å²) in [7, 11) is -2.32. The van der Waals surface area contributed by atoms with Crippen LogP contribution in [-0.4, -0.2) is 47.9 Å². The second-order valence-electron chi connectivity index (χ2n) is 4.74. The lowest BCUT2D eigenvalue weighted by Gasteiger charge is -2.15. The first-order valence-electron chi connectivity index (χ1n) is 6.67.